The molecule has 1 atom stereocenters. The van der Waals surface area contributed by atoms with Crippen molar-refractivity contribution in [1.82, 2.24) is 0 Å². The number of rotatable bonds is 2. The van der Waals surface area contributed by atoms with Crippen molar-refractivity contribution in [3.8, 4) is 22.6 Å². The molecule has 1 aliphatic heterocycles. The van der Waals surface area contributed by atoms with Crippen molar-refractivity contribution in [3.63, 3.8) is 0 Å². The Kier molecular flexibility index (Phi) is 2.19. The standard InChI is InChI=1S/C16H18O/c1-5-9(2)12-7-6-10(3)14-13(8-12)11(4)15-16(14)17-15/h6-9H,5H2,1-4H3. The van der Waals surface area contributed by atoms with Gasteiger partial charge in [0.15, 0.2) is 11.5 Å². The zero-order valence-corrected chi connectivity index (χ0v) is 10.9. The Morgan fingerprint density at radius 1 is 1.18 bits per heavy atom. The summed E-state index contributed by atoms with van der Waals surface area (Å²) in [5, 5.41) is 0. The molecule has 88 valence electrons. The lowest BCUT2D eigenvalue weighted by molar-refractivity contribution is 0.642. The molecule has 0 saturated carbocycles. The molecule has 0 aromatic carbocycles. The fourth-order valence-corrected chi connectivity index (χ4v) is 2.55. The maximum absolute atomic E-state index is 5.54. The normalized spacial score (nSPS) is 14.4. The van der Waals surface area contributed by atoms with Crippen LogP contribution in [0.2, 0.25) is 0 Å². The van der Waals surface area contributed by atoms with Gasteiger partial charge in [0.1, 0.15) is 0 Å². The predicted octanol–water partition coefficient (Wildman–Crippen LogP) is 5.03. The molecule has 0 saturated heterocycles. The minimum absolute atomic E-state index is 0.617. The van der Waals surface area contributed by atoms with E-state index in [2.05, 4.69) is 45.9 Å². The van der Waals surface area contributed by atoms with Gasteiger partial charge in [-0.2, -0.15) is 0 Å². The molecule has 17 heavy (non-hydrogen) atoms. The lowest BCUT2D eigenvalue weighted by atomic mass is 9.98. The monoisotopic (exact) mass is 226 g/mol. The summed E-state index contributed by atoms with van der Waals surface area (Å²) in [6.07, 6.45) is 1.18. The van der Waals surface area contributed by atoms with Crippen LogP contribution in [0.3, 0.4) is 0 Å². The number of aryl methyl sites for hydroxylation is 1. The molecular formula is C16H18O. The van der Waals surface area contributed by atoms with Crippen LogP contribution < -0.4 is 4.74 Å². The van der Waals surface area contributed by atoms with Gasteiger partial charge in [-0.05, 0) is 42.9 Å². The second-order valence-electron chi connectivity index (χ2n) is 5.14. The van der Waals surface area contributed by atoms with Gasteiger partial charge in [0.25, 0.3) is 0 Å². The molecule has 3 aliphatic rings. The third-order valence-corrected chi connectivity index (χ3v) is 4.02. The summed E-state index contributed by atoms with van der Waals surface area (Å²) in [4.78, 5) is 0. The van der Waals surface area contributed by atoms with Gasteiger partial charge in [-0.1, -0.05) is 32.0 Å². The summed E-state index contributed by atoms with van der Waals surface area (Å²) in [6, 6.07) is 6.84. The quantitative estimate of drug-likeness (QED) is 0.558. The molecule has 0 aromatic heterocycles. The number of ether oxygens (including phenoxy) is 1. The Balaban J connectivity index is 2.25. The van der Waals surface area contributed by atoms with E-state index in [4.69, 9.17) is 4.74 Å². The molecule has 0 bridgehead atoms. The molecule has 1 heterocycles. The summed E-state index contributed by atoms with van der Waals surface area (Å²) in [6.45, 7) is 8.86. The van der Waals surface area contributed by atoms with Gasteiger partial charge in [0.05, 0.1) is 0 Å². The lowest BCUT2D eigenvalue weighted by Gasteiger charge is -2.07. The van der Waals surface area contributed by atoms with E-state index < -0.39 is 0 Å². The molecule has 0 amide bonds. The summed E-state index contributed by atoms with van der Waals surface area (Å²) >= 11 is 0. The molecule has 0 N–H and O–H groups in total. The van der Waals surface area contributed by atoms with Crippen molar-refractivity contribution >= 4 is 0 Å². The average Bonchev–Trinajstić information content (AvgIpc) is 3.06. The second kappa shape index (κ2) is 3.49. The predicted molar refractivity (Wildman–Crippen MR) is 71.3 cm³/mol. The van der Waals surface area contributed by atoms with Crippen molar-refractivity contribution in [2.24, 2.45) is 0 Å². The highest BCUT2D eigenvalue weighted by atomic mass is 16.6. The van der Waals surface area contributed by atoms with Gasteiger partial charge in [0.2, 0.25) is 0 Å². The van der Waals surface area contributed by atoms with Crippen LogP contribution in [0.1, 0.15) is 42.9 Å². The summed E-state index contributed by atoms with van der Waals surface area (Å²) in [7, 11) is 0. The van der Waals surface area contributed by atoms with Gasteiger partial charge in [-0.15, -0.1) is 0 Å². The van der Waals surface area contributed by atoms with Crippen molar-refractivity contribution in [3.05, 3.63) is 34.9 Å². The molecule has 1 heteroatoms. The Morgan fingerprint density at radius 3 is 2.65 bits per heavy atom. The molecule has 1 nitrogen and oxygen atoms in total. The Hall–Kier alpha value is -1.50. The largest absolute Gasteiger partial charge is 0.448 e. The molecular weight excluding hydrogens is 208 g/mol. The molecule has 0 fully saturated rings. The Morgan fingerprint density at radius 2 is 1.94 bits per heavy atom. The van der Waals surface area contributed by atoms with Crippen molar-refractivity contribution < 1.29 is 4.74 Å². The average molecular weight is 226 g/mol. The van der Waals surface area contributed by atoms with Crippen molar-refractivity contribution in [2.75, 3.05) is 0 Å². The first kappa shape index (κ1) is 10.6. The van der Waals surface area contributed by atoms with E-state index in [-0.39, 0.29) is 0 Å². The van der Waals surface area contributed by atoms with Gasteiger partial charge in [-0.25, -0.2) is 0 Å². The van der Waals surface area contributed by atoms with E-state index in [1.165, 1.54) is 34.2 Å². The number of hydrogen-bond donors (Lipinski definition) is 0. The fourth-order valence-electron chi connectivity index (χ4n) is 2.55. The van der Waals surface area contributed by atoms with E-state index in [0.29, 0.717) is 5.92 Å². The minimum atomic E-state index is 0.617. The zero-order valence-electron chi connectivity index (χ0n) is 10.9. The maximum Gasteiger partial charge on any atom is 0.178 e. The summed E-state index contributed by atoms with van der Waals surface area (Å²) in [5.74, 6) is 2.84. The van der Waals surface area contributed by atoms with Crippen LogP contribution in [-0.2, 0) is 0 Å². The molecule has 1 unspecified atom stereocenters. The fraction of sp³-hybridized carbons (Fsp3) is 0.375. The third kappa shape index (κ3) is 1.45. The number of hydrogen-bond acceptors (Lipinski definition) is 1. The molecule has 3 rings (SSSR count). The van der Waals surface area contributed by atoms with Gasteiger partial charge in [0, 0.05) is 11.1 Å². The maximum atomic E-state index is 5.54. The van der Waals surface area contributed by atoms with Gasteiger partial charge >= 0.3 is 0 Å². The topological polar surface area (TPSA) is 12.5 Å². The van der Waals surface area contributed by atoms with Crippen LogP contribution in [0.4, 0.5) is 0 Å². The smallest absolute Gasteiger partial charge is 0.178 e. The van der Waals surface area contributed by atoms with Crippen molar-refractivity contribution in [1.29, 1.82) is 0 Å². The number of fused-ring (bicyclic) bond motifs is 3. The molecule has 2 aliphatic carbocycles. The highest BCUT2D eigenvalue weighted by Gasteiger charge is 2.35. The van der Waals surface area contributed by atoms with Crippen LogP contribution in [0.15, 0.2) is 18.2 Å². The summed E-state index contributed by atoms with van der Waals surface area (Å²) < 4.78 is 5.54. The van der Waals surface area contributed by atoms with E-state index in [0.717, 1.165) is 11.5 Å². The molecule has 0 aromatic rings. The summed E-state index contributed by atoms with van der Waals surface area (Å²) in [5.41, 5.74) is 6.74. The molecule has 0 radical (unpaired) electrons. The highest BCUT2D eigenvalue weighted by Crippen LogP contribution is 2.61. The SMILES string of the molecule is CCC(C)c1ccc(C)c2c3c(c(C)c-2c1)O3. The Bertz CT molecular complexity index is 569. The lowest BCUT2D eigenvalue weighted by Crippen LogP contribution is -1.89. The highest BCUT2D eigenvalue weighted by molar-refractivity contribution is 5.91. The van der Waals surface area contributed by atoms with Crippen LogP contribution in [0.5, 0.6) is 11.5 Å². The van der Waals surface area contributed by atoms with Gasteiger partial charge < -0.3 is 4.74 Å². The van der Waals surface area contributed by atoms with Crippen LogP contribution in [-0.4, -0.2) is 0 Å². The van der Waals surface area contributed by atoms with E-state index in [1.54, 1.807) is 0 Å². The first-order chi connectivity index (χ1) is 8.13. The van der Waals surface area contributed by atoms with Crippen molar-refractivity contribution in [2.45, 2.75) is 40.0 Å². The first-order valence-electron chi connectivity index (χ1n) is 6.38. The van der Waals surface area contributed by atoms with E-state index in [1.807, 2.05) is 0 Å². The van der Waals surface area contributed by atoms with E-state index >= 15 is 0 Å². The van der Waals surface area contributed by atoms with E-state index in [9.17, 15) is 0 Å². The van der Waals surface area contributed by atoms with Crippen LogP contribution in [0.25, 0.3) is 11.1 Å². The van der Waals surface area contributed by atoms with Crippen LogP contribution >= 0.6 is 0 Å². The second-order valence-corrected chi connectivity index (χ2v) is 5.14. The van der Waals surface area contributed by atoms with Crippen LogP contribution in [0, 0.1) is 13.8 Å². The zero-order chi connectivity index (χ0) is 12.2. The molecule has 0 spiro atoms. The third-order valence-electron chi connectivity index (χ3n) is 4.02. The first-order valence-corrected chi connectivity index (χ1v) is 6.38. The Labute approximate surface area is 103 Å². The van der Waals surface area contributed by atoms with Gasteiger partial charge in [-0.3, -0.25) is 0 Å². The minimum Gasteiger partial charge on any atom is -0.448 e.